The average molecular weight is 258 g/mol. The van der Waals surface area contributed by atoms with Gasteiger partial charge in [-0.05, 0) is 31.5 Å². The molecular weight excluding hydrogens is 242 g/mol. The van der Waals surface area contributed by atoms with Gasteiger partial charge in [-0.25, -0.2) is 0 Å². The number of ether oxygens (including phenoxy) is 1. The molecule has 0 heterocycles. The van der Waals surface area contributed by atoms with Crippen molar-refractivity contribution in [2.24, 2.45) is 0 Å². The Hall–Kier alpha value is -0.540. The quantitative estimate of drug-likeness (QED) is 0.819. The fourth-order valence-corrected chi connectivity index (χ4v) is 1.57. The smallest absolute Gasteiger partial charge is 0.0638 e. The summed E-state index contributed by atoms with van der Waals surface area (Å²) in [4.78, 5) is 0. The first-order valence-electron chi connectivity index (χ1n) is 4.82. The predicted octanol–water partition coefficient (Wildman–Crippen LogP) is 3.21. The molecule has 0 aliphatic heterocycles. The molecule has 0 bridgehead atoms. The number of benzene rings is 1. The van der Waals surface area contributed by atoms with Gasteiger partial charge in [-0.15, -0.1) is 0 Å². The largest absolute Gasteiger partial charge is 0.382 e. The highest BCUT2D eigenvalue weighted by atomic mass is 79.9. The minimum Gasteiger partial charge on any atom is -0.382 e. The van der Waals surface area contributed by atoms with E-state index in [0.717, 1.165) is 24.2 Å². The van der Waals surface area contributed by atoms with Crippen LogP contribution in [0.25, 0.3) is 0 Å². The Kier molecular flexibility index (Phi) is 4.98. The van der Waals surface area contributed by atoms with Gasteiger partial charge in [0, 0.05) is 23.3 Å². The van der Waals surface area contributed by atoms with Gasteiger partial charge in [0.1, 0.15) is 0 Å². The highest BCUT2D eigenvalue weighted by molar-refractivity contribution is 9.10. The molecule has 0 unspecified atom stereocenters. The van der Waals surface area contributed by atoms with Gasteiger partial charge in [-0.1, -0.05) is 22.0 Å². The molecule has 0 aliphatic carbocycles. The lowest BCUT2D eigenvalue weighted by molar-refractivity contribution is 0.158. The van der Waals surface area contributed by atoms with E-state index in [1.54, 1.807) is 0 Å². The predicted molar refractivity (Wildman–Crippen MR) is 63.9 cm³/mol. The first kappa shape index (κ1) is 11.5. The van der Waals surface area contributed by atoms with Gasteiger partial charge in [0.2, 0.25) is 0 Å². The van der Waals surface area contributed by atoms with Crippen molar-refractivity contribution < 1.29 is 4.74 Å². The molecule has 0 amide bonds. The molecule has 14 heavy (non-hydrogen) atoms. The SMILES string of the molecule is CCOCCNc1cccc(Br)c1C. The molecular formula is C11H16BrNO. The Balaban J connectivity index is 2.46. The van der Waals surface area contributed by atoms with E-state index in [4.69, 9.17) is 4.74 Å². The first-order chi connectivity index (χ1) is 6.75. The van der Waals surface area contributed by atoms with E-state index in [1.165, 1.54) is 11.3 Å². The Morgan fingerprint density at radius 1 is 1.43 bits per heavy atom. The summed E-state index contributed by atoms with van der Waals surface area (Å²) in [5, 5.41) is 3.33. The second-order valence-corrected chi connectivity index (χ2v) is 3.89. The summed E-state index contributed by atoms with van der Waals surface area (Å²) in [6, 6.07) is 6.15. The van der Waals surface area contributed by atoms with Crippen LogP contribution in [0.15, 0.2) is 22.7 Å². The molecule has 78 valence electrons. The van der Waals surface area contributed by atoms with E-state index in [0.29, 0.717) is 0 Å². The van der Waals surface area contributed by atoms with Gasteiger partial charge in [0.25, 0.3) is 0 Å². The number of nitrogens with one attached hydrogen (secondary N) is 1. The van der Waals surface area contributed by atoms with Crippen LogP contribution in [0.4, 0.5) is 5.69 Å². The molecule has 0 spiro atoms. The lowest BCUT2D eigenvalue weighted by atomic mass is 10.2. The highest BCUT2D eigenvalue weighted by Gasteiger charge is 1.99. The molecule has 1 aromatic carbocycles. The molecule has 0 atom stereocenters. The van der Waals surface area contributed by atoms with Crippen LogP contribution in [0, 0.1) is 6.92 Å². The summed E-state index contributed by atoms with van der Waals surface area (Å²) in [5.41, 5.74) is 2.41. The van der Waals surface area contributed by atoms with E-state index in [1.807, 2.05) is 19.1 Å². The minimum absolute atomic E-state index is 0.752. The maximum absolute atomic E-state index is 5.25. The maximum atomic E-state index is 5.25. The Bertz CT molecular complexity index is 289. The molecule has 1 aromatic rings. The lowest BCUT2D eigenvalue weighted by Gasteiger charge is -2.10. The topological polar surface area (TPSA) is 21.3 Å². The van der Waals surface area contributed by atoms with Crippen LogP contribution in [-0.2, 0) is 4.74 Å². The van der Waals surface area contributed by atoms with E-state index >= 15 is 0 Å². The Labute approximate surface area is 93.8 Å². The molecule has 2 nitrogen and oxygen atoms in total. The number of hydrogen-bond acceptors (Lipinski definition) is 2. The fraction of sp³-hybridized carbons (Fsp3) is 0.455. The molecule has 0 aliphatic rings. The third-order valence-corrected chi connectivity index (χ3v) is 2.89. The molecule has 3 heteroatoms. The van der Waals surface area contributed by atoms with Gasteiger partial charge in [-0.2, -0.15) is 0 Å². The minimum atomic E-state index is 0.752. The van der Waals surface area contributed by atoms with Crippen molar-refractivity contribution in [1.29, 1.82) is 0 Å². The summed E-state index contributed by atoms with van der Waals surface area (Å²) < 4.78 is 6.39. The van der Waals surface area contributed by atoms with E-state index < -0.39 is 0 Å². The maximum Gasteiger partial charge on any atom is 0.0638 e. The Morgan fingerprint density at radius 2 is 2.21 bits per heavy atom. The molecule has 0 fully saturated rings. The number of anilines is 1. The van der Waals surface area contributed by atoms with Crippen LogP contribution in [0.3, 0.4) is 0 Å². The van der Waals surface area contributed by atoms with Crippen LogP contribution in [0.1, 0.15) is 12.5 Å². The standard InChI is InChI=1S/C11H16BrNO/c1-3-14-8-7-13-11-6-4-5-10(12)9(11)2/h4-6,13H,3,7-8H2,1-2H3. The van der Waals surface area contributed by atoms with E-state index in [2.05, 4.69) is 34.2 Å². The summed E-state index contributed by atoms with van der Waals surface area (Å²) in [5.74, 6) is 0. The van der Waals surface area contributed by atoms with Crippen LogP contribution >= 0.6 is 15.9 Å². The van der Waals surface area contributed by atoms with E-state index in [9.17, 15) is 0 Å². The molecule has 0 radical (unpaired) electrons. The number of halogens is 1. The van der Waals surface area contributed by atoms with Crippen molar-refractivity contribution in [2.75, 3.05) is 25.1 Å². The van der Waals surface area contributed by atoms with Crippen molar-refractivity contribution in [1.82, 2.24) is 0 Å². The van der Waals surface area contributed by atoms with Gasteiger partial charge in [0.05, 0.1) is 6.61 Å². The highest BCUT2D eigenvalue weighted by Crippen LogP contribution is 2.22. The van der Waals surface area contributed by atoms with Crippen molar-refractivity contribution in [3.05, 3.63) is 28.2 Å². The van der Waals surface area contributed by atoms with Crippen molar-refractivity contribution >= 4 is 21.6 Å². The molecule has 0 saturated heterocycles. The molecule has 1 N–H and O–H groups in total. The van der Waals surface area contributed by atoms with Gasteiger partial charge in [-0.3, -0.25) is 0 Å². The zero-order valence-corrected chi connectivity index (χ0v) is 10.2. The summed E-state index contributed by atoms with van der Waals surface area (Å²) >= 11 is 3.50. The first-order valence-corrected chi connectivity index (χ1v) is 5.61. The van der Waals surface area contributed by atoms with Crippen LogP contribution in [-0.4, -0.2) is 19.8 Å². The van der Waals surface area contributed by atoms with Crippen LogP contribution in [0.2, 0.25) is 0 Å². The zero-order chi connectivity index (χ0) is 10.4. The number of hydrogen-bond donors (Lipinski definition) is 1. The summed E-state index contributed by atoms with van der Waals surface area (Å²) in [6.45, 7) is 6.48. The monoisotopic (exact) mass is 257 g/mol. The zero-order valence-electron chi connectivity index (χ0n) is 8.64. The van der Waals surface area contributed by atoms with Crippen molar-refractivity contribution in [2.45, 2.75) is 13.8 Å². The van der Waals surface area contributed by atoms with Gasteiger partial charge >= 0.3 is 0 Å². The van der Waals surface area contributed by atoms with E-state index in [-0.39, 0.29) is 0 Å². The van der Waals surface area contributed by atoms with Crippen molar-refractivity contribution in [3.8, 4) is 0 Å². The second kappa shape index (κ2) is 6.04. The summed E-state index contributed by atoms with van der Waals surface area (Å²) in [6.07, 6.45) is 0. The van der Waals surface area contributed by atoms with Gasteiger partial charge in [0.15, 0.2) is 0 Å². The molecule has 0 aromatic heterocycles. The third-order valence-electron chi connectivity index (χ3n) is 2.03. The molecule has 0 saturated carbocycles. The van der Waals surface area contributed by atoms with Crippen molar-refractivity contribution in [3.63, 3.8) is 0 Å². The lowest BCUT2D eigenvalue weighted by Crippen LogP contribution is -2.09. The van der Waals surface area contributed by atoms with Gasteiger partial charge < -0.3 is 10.1 Å². The van der Waals surface area contributed by atoms with Crippen LogP contribution < -0.4 is 5.32 Å². The summed E-state index contributed by atoms with van der Waals surface area (Å²) in [7, 11) is 0. The number of rotatable bonds is 5. The Morgan fingerprint density at radius 3 is 2.93 bits per heavy atom. The average Bonchev–Trinajstić information content (AvgIpc) is 2.19. The normalized spacial score (nSPS) is 10.2. The fourth-order valence-electron chi connectivity index (χ4n) is 1.20. The third kappa shape index (κ3) is 3.31. The molecule has 1 rings (SSSR count). The van der Waals surface area contributed by atoms with Crippen LogP contribution in [0.5, 0.6) is 0 Å². The second-order valence-electron chi connectivity index (χ2n) is 3.04.